The summed E-state index contributed by atoms with van der Waals surface area (Å²) in [6.07, 6.45) is 1.20. The Morgan fingerprint density at radius 2 is 2.04 bits per heavy atom. The lowest BCUT2D eigenvalue weighted by Crippen LogP contribution is -2.46. The third kappa shape index (κ3) is 4.28. The Balaban J connectivity index is 1.58. The number of benzene rings is 1. The van der Waals surface area contributed by atoms with Crippen LogP contribution in [0.5, 0.6) is 0 Å². The Bertz CT molecular complexity index is 645. The van der Waals surface area contributed by atoms with Crippen molar-refractivity contribution in [3.05, 3.63) is 48.7 Å². The van der Waals surface area contributed by atoms with Crippen LogP contribution in [0.25, 0.3) is 0 Å². The molecule has 0 spiro atoms. The number of para-hydroxylation sites is 1. The van der Waals surface area contributed by atoms with Gasteiger partial charge in [0.2, 0.25) is 0 Å². The van der Waals surface area contributed by atoms with Gasteiger partial charge in [0.15, 0.2) is 0 Å². The molecule has 23 heavy (non-hydrogen) atoms. The molecular formula is C17H20N4O2. The number of carbonyl (C=O) groups excluding carboxylic acids is 1. The first-order valence-corrected chi connectivity index (χ1v) is 7.60. The minimum absolute atomic E-state index is 0.137. The van der Waals surface area contributed by atoms with Crippen LogP contribution < -0.4 is 10.6 Å². The standard InChI is InChI=1S/C17H20N4O2/c1-21-9-10-23-15(12-21)17(22)20-14-7-8-16(18-11-14)19-13-5-3-2-4-6-13/h2-8,11,15H,9-10,12H2,1H3,(H,18,19)(H,20,22). The molecule has 2 N–H and O–H groups in total. The Labute approximate surface area is 135 Å². The van der Waals surface area contributed by atoms with E-state index in [1.807, 2.05) is 49.5 Å². The number of hydrogen-bond acceptors (Lipinski definition) is 5. The zero-order valence-corrected chi connectivity index (χ0v) is 13.0. The molecule has 2 heterocycles. The molecule has 1 aliphatic rings. The first-order valence-electron chi connectivity index (χ1n) is 7.60. The second-order valence-electron chi connectivity index (χ2n) is 5.53. The number of nitrogens with zero attached hydrogens (tertiary/aromatic N) is 2. The van der Waals surface area contributed by atoms with E-state index in [9.17, 15) is 4.79 Å². The van der Waals surface area contributed by atoms with Gasteiger partial charge in [-0.05, 0) is 31.3 Å². The van der Waals surface area contributed by atoms with E-state index < -0.39 is 6.10 Å². The fourth-order valence-electron chi connectivity index (χ4n) is 2.37. The maximum absolute atomic E-state index is 12.2. The minimum atomic E-state index is -0.434. The summed E-state index contributed by atoms with van der Waals surface area (Å²) in [6, 6.07) is 13.5. The predicted molar refractivity (Wildman–Crippen MR) is 89.8 cm³/mol. The van der Waals surface area contributed by atoms with E-state index in [0.717, 1.165) is 18.1 Å². The van der Waals surface area contributed by atoms with Gasteiger partial charge in [0.25, 0.3) is 5.91 Å². The van der Waals surface area contributed by atoms with Gasteiger partial charge in [0.1, 0.15) is 11.9 Å². The van der Waals surface area contributed by atoms with E-state index in [1.54, 1.807) is 6.20 Å². The number of aromatic nitrogens is 1. The quantitative estimate of drug-likeness (QED) is 0.905. The molecule has 3 rings (SSSR count). The Morgan fingerprint density at radius 1 is 1.22 bits per heavy atom. The number of carbonyl (C=O) groups is 1. The highest BCUT2D eigenvalue weighted by Gasteiger charge is 2.24. The van der Waals surface area contributed by atoms with E-state index >= 15 is 0 Å². The summed E-state index contributed by atoms with van der Waals surface area (Å²) in [4.78, 5) is 18.6. The van der Waals surface area contributed by atoms with E-state index in [0.29, 0.717) is 18.8 Å². The summed E-state index contributed by atoms with van der Waals surface area (Å²) >= 11 is 0. The molecule has 1 aliphatic heterocycles. The number of morpholine rings is 1. The summed E-state index contributed by atoms with van der Waals surface area (Å²) < 4.78 is 5.50. The van der Waals surface area contributed by atoms with E-state index in [2.05, 4.69) is 20.5 Å². The average molecular weight is 312 g/mol. The molecule has 1 saturated heterocycles. The van der Waals surface area contributed by atoms with Crippen molar-refractivity contribution in [2.24, 2.45) is 0 Å². The number of pyridine rings is 1. The van der Waals surface area contributed by atoms with Crippen molar-refractivity contribution < 1.29 is 9.53 Å². The van der Waals surface area contributed by atoms with Crippen LogP contribution in [-0.4, -0.2) is 48.6 Å². The molecule has 1 atom stereocenters. The van der Waals surface area contributed by atoms with Crippen molar-refractivity contribution in [2.45, 2.75) is 6.10 Å². The zero-order chi connectivity index (χ0) is 16.1. The molecule has 1 unspecified atom stereocenters. The number of nitrogens with one attached hydrogen (secondary N) is 2. The monoisotopic (exact) mass is 312 g/mol. The number of ether oxygens (including phenoxy) is 1. The summed E-state index contributed by atoms with van der Waals surface area (Å²) in [5, 5.41) is 6.04. The molecule has 1 amide bonds. The molecule has 6 nitrogen and oxygen atoms in total. The van der Waals surface area contributed by atoms with Gasteiger partial charge >= 0.3 is 0 Å². The molecule has 0 saturated carbocycles. The maximum Gasteiger partial charge on any atom is 0.254 e. The van der Waals surface area contributed by atoms with E-state index in [4.69, 9.17) is 4.74 Å². The first kappa shape index (κ1) is 15.5. The highest BCUT2D eigenvalue weighted by atomic mass is 16.5. The van der Waals surface area contributed by atoms with Crippen molar-refractivity contribution in [3.8, 4) is 0 Å². The van der Waals surface area contributed by atoms with Gasteiger partial charge in [-0.3, -0.25) is 4.79 Å². The Morgan fingerprint density at radius 3 is 2.74 bits per heavy atom. The number of amides is 1. The molecule has 1 aromatic carbocycles. The highest BCUT2D eigenvalue weighted by Crippen LogP contribution is 2.16. The van der Waals surface area contributed by atoms with Crippen molar-refractivity contribution in [3.63, 3.8) is 0 Å². The third-order valence-electron chi connectivity index (χ3n) is 3.64. The summed E-state index contributed by atoms with van der Waals surface area (Å²) in [6.45, 7) is 2.03. The van der Waals surface area contributed by atoms with Crippen molar-refractivity contribution in [2.75, 3.05) is 37.4 Å². The van der Waals surface area contributed by atoms with Crippen molar-refractivity contribution >= 4 is 23.1 Å². The molecule has 0 bridgehead atoms. The fourth-order valence-corrected chi connectivity index (χ4v) is 2.37. The van der Waals surface area contributed by atoms with Crippen LogP contribution in [0.1, 0.15) is 0 Å². The lowest BCUT2D eigenvalue weighted by molar-refractivity contribution is -0.132. The molecule has 1 aromatic heterocycles. The molecule has 6 heteroatoms. The lowest BCUT2D eigenvalue weighted by Gasteiger charge is -2.29. The summed E-state index contributed by atoms with van der Waals surface area (Å²) in [7, 11) is 1.98. The van der Waals surface area contributed by atoms with Gasteiger partial charge in [0, 0.05) is 18.8 Å². The van der Waals surface area contributed by atoms with Gasteiger partial charge in [-0.15, -0.1) is 0 Å². The van der Waals surface area contributed by atoms with Crippen LogP contribution in [0, 0.1) is 0 Å². The largest absolute Gasteiger partial charge is 0.366 e. The molecule has 2 aromatic rings. The number of rotatable bonds is 4. The zero-order valence-electron chi connectivity index (χ0n) is 13.0. The minimum Gasteiger partial charge on any atom is -0.366 e. The van der Waals surface area contributed by atoms with Gasteiger partial charge in [-0.1, -0.05) is 18.2 Å². The average Bonchev–Trinajstić information content (AvgIpc) is 2.57. The SMILES string of the molecule is CN1CCOC(C(=O)Nc2ccc(Nc3ccccc3)nc2)C1. The predicted octanol–water partition coefficient (Wildman–Crippen LogP) is 2.09. The second kappa shape index (κ2) is 7.21. The van der Waals surface area contributed by atoms with Gasteiger partial charge in [-0.25, -0.2) is 4.98 Å². The van der Waals surface area contributed by atoms with Gasteiger partial charge in [-0.2, -0.15) is 0 Å². The lowest BCUT2D eigenvalue weighted by atomic mass is 10.2. The molecule has 0 radical (unpaired) electrons. The molecule has 1 fully saturated rings. The molecular weight excluding hydrogens is 292 g/mol. The van der Waals surface area contributed by atoms with Crippen LogP contribution in [-0.2, 0) is 9.53 Å². The molecule has 0 aliphatic carbocycles. The van der Waals surface area contributed by atoms with Gasteiger partial charge < -0.3 is 20.3 Å². The summed E-state index contributed by atoms with van der Waals surface area (Å²) in [5.41, 5.74) is 1.63. The molecule has 120 valence electrons. The van der Waals surface area contributed by atoms with E-state index in [1.165, 1.54) is 0 Å². The maximum atomic E-state index is 12.2. The fraction of sp³-hybridized carbons (Fsp3) is 0.294. The number of anilines is 3. The Kier molecular flexibility index (Phi) is 4.85. The van der Waals surface area contributed by atoms with Crippen LogP contribution in [0.4, 0.5) is 17.2 Å². The normalized spacial score (nSPS) is 18.4. The van der Waals surface area contributed by atoms with E-state index in [-0.39, 0.29) is 5.91 Å². The smallest absolute Gasteiger partial charge is 0.254 e. The second-order valence-corrected chi connectivity index (χ2v) is 5.53. The Hall–Kier alpha value is -2.44. The summed E-state index contributed by atoms with van der Waals surface area (Å²) in [5.74, 6) is 0.588. The van der Waals surface area contributed by atoms with Gasteiger partial charge in [0.05, 0.1) is 18.5 Å². The van der Waals surface area contributed by atoms with Crippen LogP contribution >= 0.6 is 0 Å². The number of likely N-dealkylation sites (N-methyl/N-ethyl adjacent to an activating group) is 1. The van der Waals surface area contributed by atoms with Crippen molar-refractivity contribution in [1.29, 1.82) is 0 Å². The third-order valence-corrected chi connectivity index (χ3v) is 3.64. The number of hydrogen-bond donors (Lipinski definition) is 2. The van der Waals surface area contributed by atoms with Crippen molar-refractivity contribution in [1.82, 2.24) is 9.88 Å². The van der Waals surface area contributed by atoms with Crippen LogP contribution in [0.3, 0.4) is 0 Å². The topological polar surface area (TPSA) is 66.5 Å². The van der Waals surface area contributed by atoms with Crippen LogP contribution in [0.2, 0.25) is 0 Å². The highest BCUT2D eigenvalue weighted by molar-refractivity contribution is 5.94. The first-order chi connectivity index (χ1) is 11.2. The van der Waals surface area contributed by atoms with Crippen LogP contribution in [0.15, 0.2) is 48.7 Å².